The molecular formula is C10H8ClF3O2. The van der Waals surface area contributed by atoms with Gasteiger partial charge in [0.1, 0.15) is 12.0 Å². The van der Waals surface area contributed by atoms with Gasteiger partial charge >= 0.3 is 6.18 Å². The minimum Gasteiger partial charge on any atom is -0.480 e. The lowest BCUT2D eigenvalue weighted by molar-refractivity contribution is -0.189. The van der Waals surface area contributed by atoms with E-state index in [-0.39, 0.29) is 16.3 Å². The monoisotopic (exact) mass is 252 g/mol. The average Bonchev–Trinajstić information content (AvgIpc) is 2.19. The molecule has 0 heterocycles. The van der Waals surface area contributed by atoms with Crippen molar-refractivity contribution in [2.75, 3.05) is 0 Å². The van der Waals surface area contributed by atoms with Gasteiger partial charge < -0.3 is 4.74 Å². The summed E-state index contributed by atoms with van der Waals surface area (Å²) in [5, 5.41) is -0.0271. The maximum Gasteiger partial charge on any atom is 0.425 e. The quantitative estimate of drug-likeness (QED) is 0.770. The Labute approximate surface area is 95.0 Å². The van der Waals surface area contributed by atoms with Crippen LogP contribution in [0.5, 0.6) is 5.75 Å². The normalized spacial score (nSPS) is 13.3. The van der Waals surface area contributed by atoms with Crippen LogP contribution in [0.4, 0.5) is 13.2 Å². The Morgan fingerprint density at radius 2 is 2.06 bits per heavy atom. The van der Waals surface area contributed by atoms with Crippen molar-refractivity contribution in [2.24, 2.45) is 0 Å². The number of rotatable bonds is 3. The third kappa shape index (κ3) is 3.13. The molecule has 0 spiro atoms. The first kappa shape index (κ1) is 12.8. The average molecular weight is 253 g/mol. The molecule has 1 aromatic carbocycles. The number of benzene rings is 1. The molecular weight excluding hydrogens is 245 g/mol. The fourth-order valence-electron chi connectivity index (χ4n) is 0.943. The summed E-state index contributed by atoms with van der Waals surface area (Å²) in [5.41, 5.74) is 0.275. The minimum atomic E-state index is -4.45. The maximum absolute atomic E-state index is 12.2. The summed E-state index contributed by atoms with van der Waals surface area (Å²) in [6.45, 7) is 0.879. The van der Waals surface area contributed by atoms with Gasteiger partial charge in [0.15, 0.2) is 6.10 Å². The first-order chi connectivity index (χ1) is 7.34. The number of carbonyl (C=O) groups excluding carboxylic acids is 1. The lowest BCUT2D eigenvalue weighted by Crippen LogP contribution is -2.31. The van der Waals surface area contributed by atoms with E-state index in [1.807, 2.05) is 0 Å². The second-order valence-corrected chi connectivity index (χ2v) is 3.52. The van der Waals surface area contributed by atoms with Crippen molar-refractivity contribution in [1.82, 2.24) is 0 Å². The van der Waals surface area contributed by atoms with Crippen LogP contribution >= 0.6 is 11.6 Å². The molecule has 1 atom stereocenters. The van der Waals surface area contributed by atoms with E-state index in [9.17, 15) is 18.0 Å². The Morgan fingerprint density at radius 1 is 1.44 bits per heavy atom. The lowest BCUT2D eigenvalue weighted by atomic mass is 10.2. The number of ether oxygens (including phenoxy) is 1. The third-order valence-corrected chi connectivity index (χ3v) is 2.15. The van der Waals surface area contributed by atoms with Gasteiger partial charge in [0.25, 0.3) is 0 Å². The lowest BCUT2D eigenvalue weighted by Gasteiger charge is -2.18. The third-order valence-electron chi connectivity index (χ3n) is 1.86. The van der Waals surface area contributed by atoms with Gasteiger partial charge in [-0.15, -0.1) is 0 Å². The summed E-state index contributed by atoms with van der Waals surface area (Å²) in [5.74, 6) is -0.0999. The second-order valence-electron chi connectivity index (χ2n) is 3.11. The highest BCUT2D eigenvalue weighted by molar-refractivity contribution is 6.32. The molecule has 0 aliphatic heterocycles. The van der Waals surface area contributed by atoms with Crippen molar-refractivity contribution in [1.29, 1.82) is 0 Å². The molecule has 0 saturated carbocycles. The number of carbonyl (C=O) groups is 1. The van der Waals surface area contributed by atoms with E-state index >= 15 is 0 Å². The molecule has 6 heteroatoms. The van der Waals surface area contributed by atoms with Crippen molar-refractivity contribution >= 4 is 17.9 Å². The molecule has 0 radical (unpaired) electrons. The molecule has 0 fully saturated rings. The SMILES string of the molecule is CC(Oc1ccc(C=O)cc1Cl)C(F)(F)F. The van der Waals surface area contributed by atoms with Crippen LogP contribution in [0.15, 0.2) is 18.2 Å². The molecule has 0 aromatic heterocycles. The largest absolute Gasteiger partial charge is 0.480 e. The van der Waals surface area contributed by atoms with Crippen LogP contribution in [-0.4, -0.2) is 18.6 Å². The summed E-state index contributed by atoms with van der Waals surface area (Å²) in [4.78, 5) is 10.4. The van der Waals surface area contributed by atoms with Crippen LogP contribution in [0.1, 0.15) is 17.3 Å². The highest BCUT2D eigenvalue weighted by Gasteiger charge is 2.38. The molecule has 88 valence electrons. The molecule has 1 aromatic rings. The summed E-state index contributed by atoms with van der Waals surface area (Å²) >= 11 is 5.65. The van der Waals surface area contributed by atoms with Gasteiger partial charge in [0.2, 0.25) is 0 Å². The zero-order valence-electron chi connectivity index (χ0n) is 8.22. The molecule has 0 aliphatic rings. The zero-order chi connectivity index (χ0) is 12.3. The Balaban J connectivity index is 2.86. The predicted molar refractivity (Wildman–Crippen MR) is 53.0 cm³/mol. The molecule has 0 N–H and O–H groups in total. The topological polar surface area (TPSA) is 26.3 Å². The summed E-state index contributed by atoms with van der Waals surface area (Å²) in [7, 11) is 0. The molecule has 1 unspecified atom stereocenters. The van der Waals surface area contributed by atoms with Gasteiger partial charge in [-0.2, -0.15) is 13.2 Å². The van der Waals surface area contributed by atoms with Crippen LogP contribution in [0.3, 0.4) is 0 Å². The van der Waals surface area contributed by atoms with E-state index in [1.165, 1.54) is 18.2 Å². The van der Waals surface area contributed by atoms with Crippen LogP contribution in [0.2, 0.25) is 5.02 Å². The fourth-order valence-corrected chi connectivity index (χ4v) is 1.18. The highest BCUT2D eigenvalue weighted by atomic mass is 35.5. The Kier molecular flexibility index (Phi) is 3.80. The van der Waals surface area contributed by atoms with Gasteiger partial charge in [0.05, 0.1) is 5.02 Å². The first-order valence-electron chi connectivity index (χ1n) is 4.32. The summed E-state index contributed by atoms with van der Waals surface area (Å²) in [6.07, 6.45) is -5.86. The molecule has 0 amide bonds. The van der Waals surface area contributed by atoms with Crippen LogP contribution in [0, 0.1) is 0 Å². The van der Waals surface area contributed by atoms with E-state index in [0.29, 0.717) is 6.29 Å². The van der Waals surface area contributed by atoms with Crippen LogP contribution in [0.25, 0.3) is 0 Å². The van der Waals surface area contributed by atoms with Crippen molar-refractivity contribution in [2.45, 2.75) is 19.2 Å². The van der Waals surface area contributed by atoms with Crippen molar-refractivity contribution in [3.8, 4) is 5.75 Å². The smallest absolute Gasteiger partial charge is 0.425 e. The van der Waals surface area contributed by atoms with Gasteiger partial charge in [0, 0.05) is 5.56 Å². The molecule has 0 bridgehead atoms. The maximum atomic E-state index is 12.2. The van der Waals surface area contributed by atoms with E-state index in [0.717, 1.165) is 6.92 Å². The first-order valence-corrected chi connectivity index (χ1v) is 4.70. The predicted octanol–water partition coefficient (Wildman–Crippen LogP) is 3.48. The molecule has 16 heavy (non-hydrogen) atoms. The Morgan fingerprint density at radius 3 is 2.50 bits per heavy atom. The van der Waals surface area contributed by atoms with Crippen molar-refractivity contribution in [3.63, 3.8) is 0 Å². The van der Waals surface area contributed by atoms with Gasteiger partial charge in [-0.25, -0.2) is 0 Å². The molecule has 2 nitrogen and oxygen atoms in total. The van der Waals surface area contributed by atoms with Gasteiger partial charge in [-0.1, -0.05) is 11.6 Å². The number of hydrogen-bond acceptors (Lipinski definition) is 2. The van der Waals surface area contributed by atoms with Gasteiger partial charge in [-0.05, 0) is 25.1 Å². The highest BCUT2D eigenvalue weighted by Crippen LogP contribution is 2.30. The Hall–Kier alpha value is -1.23. The van der Waals surface area contributed by atoms with Crippen molar-refractivity contribution < 1.29 is 22.7 Å². The fraction of sp³-hybridized carbons (Fsp3) is 0.300. The van der Waals surface area contributed by atoms with Gasteiger partial charge in [-0.3, -0.25) is 4.79 Å². The number of halogens is 4. The number of aldehydes is 1. The van der Waals surface area contributed by atoms with E-state index in [1.54, 1.807) is 0 Å². The standard InChI is InChI=1S/C10H8ClF3O2/c1-6(10(12,13)14)16-9-3-2-7(5-15)4-8(9)11/h2-6H,1H3. The minimum absolute atomic E-state index is 0.0271. The molecule has 1 rings (SSSR count). The van der Waals surface area contributed by atoms with Crippen LogP contribution < -0.4 is 4.74 Å². The second kappa shape index (κ2) is 4.74. The van der Waals surface area contributed by atoms with E-state index < -0.39 is 12.3 Å². The van der Waals surface area contributed by atoms with Crippen molar-refractivity contribution in [3.05, 3.63) is 28.8 Å². The molecule has 0 saturated heterocycles. The summed E-state index contributed by atoms with van der Waals surface area (Å²) < 4.78 is 41.2. The van der Waals surface area contributed by atoms with E-state index in [4.69, 9.17) is 11.6 Å². The van der Waals surface area contributed by atoms with Crippen LogP contribution in [-0.2, 0) is 0 Å². The number of hydrogen-bond donors (Lipinski definition) is 0. The summed E-state index contributed by atoms with van der Waals surface area (Å²) in [6, 6.07) is 3.80. The Bertz CT molecular complexity index is 390. The number of alkyl halides is 3. The zero-order valence-corrected chi connectivity index (χ0v) is 8.97. The molecule has 0 aliphatic carbocycles. The van der Waals surface area contributed by atoms with E-state index in [2.05, 4.69) is 4.74 Å².